The first-order valence-electron chi connectivity index (χ1n) is 10.6. The van der Waals surface area contributed by atoms with Crippen LogP contribution >= 0.6 is 0 Å². The van der Waals surface area contributed by atoms with Gasteiger partial charge in [0.15, 0.2) is 11.4 Å². The average molecular weight is 427 g/mol. The molecule has 0 aliphatic carbocycles. The number of hydrogen-bond acceptors (Lipinski definition) is 5. The van der Waals surface area contributed by atoms with Crippen LogP contribution in [0, 0.1) is 0 Å². The fraction of sp³-hybridized carbons (Fsp3) is 0.435. The molecule has 0 saturated carbocycles. The van der Waals surface area contributed by atoms with Crippen molar-refractivity contribution >= 4 is 11.8 Å². The Balaban J connectivity index is 1.97. The Morgan fingerprint density at radius 3 is 2.55 bits per heavy atom. The van der Waals surface area contributed by atoms with E-state index in [0.717, 1.165) is 5.56 Å². The highest BCUT2D eigenvalue weighted by atomic mass is 16.5. The summed E-state index contributed by atoms with van der Waals surface area (Å²) in [5.41, 5.74) is 7.08. The average Bonchev–Trinajstić information content (AvgIpc) is 2.76. The molecule has 0 bridgehead atoms. The van der Waals surface area contributed by atoms with Crippen molar-refractivity contribution in [2.45, 2.75) is 59.0 Å². The van der Waals surface area contributed by atoms with Crippen molar-refractivity contribution in [2.75, 3.05) is 6.54 Å². The van der Waals surface area contributed by atoms with Crippen LogP contribution in [0.15, 0.2) is 41.2 Å². The summed E-state index contributed by atoms with van der Waals surface area (Å²) in [6.07, 6.45) is 0.512. The number of nitrogens with two attached hydrogens (primary N) is 1. The molecule has 1 atom stereocenters. The van der Waals surface area contributed by atoms with Crippen LogP contribution in [-0.2, 0) is 24.5 Å². The summed E-state index contributed by atoms with van der Waals surface area (Å²) in [5.74, 6) is -0.501. The molecule has 31 heavy (non-hydrogen) atoms. The molecule has 0 radical (unpaired) electrons. The van der Waals surface area contributed by atoms with E-state index in [4.69, 9.17) is 10.5 Å². The predicted molar refractivity (Wildman–Crippen MR) is 118 cm³/mol. The number of aromatic nitrogens is 1. The van der Waals surface area contributed by atoms with Gasteiger partial charge in [-0.1, -0.05) is 37.3 Å². The molecule has 3 N–H and O–H groups in total. The Hall–Kier alpha value is -3.13. The number of carbonyl (C=O) groups is 2. The lowest BCUT2D eigenvalue weighted by atomic mass is 10.1. The van der Waals surface area contributed by atoms with Crippen molar-refractivity contribution in [3.63, 3.8) is 0 Å². The van der Waals surface area contributed by atoms with E-state index < -0.39 is 6.04 Å². The molecule has 2 aromatic rings. The van der Waals surface area contributed by atoms with Crippen LogP contribution < -0.4 is 21.2 Å². The third kappa shape index (κ3) is 4.96. The lowest BCUT2D eigenvalue weighted by Gasteiger charge is -2.35. The smallest absolute Gasteiger partial charge is 0.274 e. The number of amides is 2. The van der Waals surface area contributed by atoms with E-state index in [1.807, 2.05) is 51.1 Å². The zero-order valence-electron chi connectivity index (χ0n) is 18.3. The van der Waals surface area contributed by atoms with Gasteiger partial charge < -0.3 is 25.3 Å². The maximum atomic E-state index is 13.3. The summed E-state index contributed by atoms with van der Waals surface area (Å²) < 4.78 is 7.65. The number of fused-ring (bicyclic) bond motifs is 1. The lowest BCUT2D eigenvalue weighted by Crippen LogP contribution is -2.47. The maximum Gasteiger partial charge on any atom is 0.274 e. The predicted octanol–water partition coefficient (Wildman–Crippen LogP) is 1.65. The molecule has 1 aromatic heterocycles. The van der Waals surface area contributed by atoms with Crippen LogP contribution in [0.2, 0.25) is 0 Å². The monoisotopic (exact) mass is 426 g/mol. The van der Waals surface area contributed by atoms with E-state index in [0.29, 0.717) is 25.2 Å². The highest BCUT2D eigenvalue weighted by Crippen LogP contribution is 2.24. The van der Waals surface area contributed by atoms with E-state index in [2.05, 4.69) is 5.32 Å². The lowest BCUT2D eigenvalue weighted by molar-refractivity contribution is -0.122. The SMILES string of the molecule is CCC(N)C(=O)NCc1cc(=O)c(OCc2ccccc2)c2n1CCN(C(C)C)C2=O. The third-order valence-electron chi connectivity index (χ3n) is 5.45. The van der Waals surface area contributed by atoms with Crippen molar-refractivity contribution in [3.8, 4) is 5.75 Å². The molecule has 0 fully saturated rings. The van der Waals surface area contributed by atoms with Crippen molar-refractivity contribution in [1.29, 1.82) is 0 Å². The molecular weight excluding hydrogens is 396 g/mol. The van der Waals surface area contributed by atoms with E-state index >= 15 is 0 Å². The van der Waals surface area contributed by atoms with Gasteiger partial charge in [-0.15, -0.1) is 0 Å². The van der Waals surface area contributed by atoms with Crippen LogP contribution in [-0.4, -0.2) is 39.9 Å². The van der Waals surface area contributed by atoms with Gasteiger partial charge >= 0.3 is 0 Å². The fourth-order valence-corrected chi connectivity index (χ4v) is 3.59. The van der Waals surface area contributed by atoms with E-state index in [1.165, 1.54) is 6.07 Å². The van der Waals surface area contributed by atoms with Gasteiger partial charge in [0, 0.05) is 30.9 Å². The molecule has 0 saturated heterocycles. The van der Waals surface area contributed by atoms with Gasteiger partial charge in [0.1, 0.15) is 6.61 Å². The number of hydrogen-bond donors (Lipinski definition) is 2. The maximum absolute atomic E-state index is 13.3. The summed E-state index contributed by atoms with van der Waals surface area (Å²) in [4.78, 5) is 40.0. The number of rotatable bonds is 8. The normalized spacial score (nSPS) is 14.4. The molecule has 166 valence electrons. The highest BCUT2D eigenvalue weighted by Gasteiger charge is 2.32. The molecular formula is C23H30N4O4. The fourth-order valence-electron chi connectivity index (χ4n) is 3.59. The van der Waals surface area contributed by atoms with Gasteiger partial charge in [-0.25, -0.2) is 0 Å². The summed E-state index contributed by atoms with van der Waals surface area (Å²) in [6.45, 7) is 7.02. The standard InChI is InChI=1S/C23H30N4O4/c1-4-18(24)22(29)25-13-17-12-19(28)21(31-14-16-8-6-5-7-9-16)20-23(30)26(15(2)3)10-11-27(17)20/h5-9,12,15,18H,4,10-11,13-14,24H2,1-3H3,(H,25,29). The van der Waals surface area contributed by atoms with Crippen LogP contribution in [0.4, 0.5) is 0 Å². The first-order valence-corrected chi connectivity index (χ1v) is 10.6. The minimum atomic E-state index is -0.612. The third-order valence-corrected chi connectivity index (χ3v) is 5.45. The van der Waals surface area contributed by atoms with Crippen molar-refractivity contribution in [2.24, 2.45) is 5.73 Å². The van der Waals surface area contributed by atoms with Gasteiger partial charge in [-0.2, -0.15) is 0 Å². The minimum absolute atomic E-state index is 0.00997. The van der Waals surface area contributed by atoms with Gasteiger partial charge in [-0.05, 0) is 25.8 Å². The topological polar surface area (TPSA) is 107 Å². The van der Waals surface area contributed by atoms with E-state index in [9.17, 15) is 14.4 Å². The van der Waals surface area contributed by atoms with E-state index in [1.54, 1.807) is 9.47 Å². The molecule has 8 nitrogen and oxygen atoms in total. The van der Waals surface area contributed by atoms with E-state index in [-0.39, 0.29) is 47.9 Å². The van der Waals surface area contributed by atoms with Crippen LogP contribution in [0.1, 0.15) is 48.9 Å². The number of nitrogens with one attached hydrogen (secondary N) is 1. The van der Waals surface area contributed by atoms with Crippen molar-refractivity contribution in [3.05, 3.63) is 63.6 Å². The molecule has 1 aliphatic rings. The number of carbonyl (C=O) groups excluding carboxylic acids is 2. The minimum Gasteiger partial charge on any atom is -0.483 e. The second-order valence-corrected chi connectivity index (χ2v) is 7.93. The Morgan fingerprint density at radius 2 is 1.90 bits per heavy atom. The van der Waals surface area contributed by atoms with Crippen molar-refractivity contribution in [1.82, 2.24) is 14.8 Å². The largest absolute Gasteiger partial charge is 0.483 e. The molecule has 3 rings (SSSR count). The first kappa shape index (κ1) is 22.6. The zero-order chi connectivity index (χ0) is 22.5. The van der Waals surface area contributed by atoms with Crippen LogP contribution in [0.25, 0.3) is 0 Å². The molecule has 8 heteroatoms. The Kier molecular flexibility index (Phi) is 7.12. The molecule has 2 amide bonds. The second-order valence-electron chi connectivity index (χ2n) is 7.93. The van der Waals surface area contributed by atoms with Crippen LogP contribution in [0.5, 0.6) is 5.75 Å². The summed E-state index contributed by atoms with van der Waals surface area (Å²) >= 11 is 0. The second kappa shape index (κ2) is 9.78. The van der Waals surface area contributed by atoms with Gasteiger partial charge in [0.05, 0.1) is 12.6 Å². The Morgan fingerprint density at radius 1 is 1.19 bits per heavy atom. The van der Waals surface area contributed by atoms with Gasteiger partial charge in [0.25, 0.3) is 5.91 Å². The number of pyridine rings is 1. The Bertz CT molecular complexity index is 1000. The molecule has 1 unspecified atom stereocenters. The summed E-state index contributed by atoms with van der Waals surface area (Å²) in [5, 5.41) is 2.76. The van der Waals surface area contributed by atoms with Gasteiger partial charge in [-0.3, -0.25) is 14.4 Å². The highest BCUT2D eigenvalue weighted by molar-refractivity contribution is 5.96. The molecule has 2 heterocycles. The summed E-state index contributed by atoms with van der Waals surface area (Å²) in [6, 6.07) is 10.3. The molecule has 1 aromatic carbocycles. The van der Waals surface area contributed by atoms with Crippen LogP contribution in [0.3, 0.4) is 0 Å². The molecule has 1 aliphatic heterocycles. The van der Waals surface area contributed by atoms with Gasteiger partial charge in [0.2, 0.25) is 11.3 Å². The Labute approximate surface area is 182 Å². The number of ether oxygens (including phenoxy) is 1. The first-order chi connectivity index (χ1) is 14.8. The number of nitrogens with zero attached hydrogens (tertiary/aromatic N) is 2. The molecule has 0 spiro atoms. The summed E-state index contributed by atoms with van der Waals surface area (Å²) in [7, 11) is 0. The van der Waals surface area contributed by atoms with Crippen molar-refractivity contribution < 1.29 is 14.3 Å². The number of benzene rings is 1. The zero-order valence-corrected chi connectivity index (χ0v) is 18.3. The quantitative estimate of drug-likeness (QED) is 0.667.